The van der Waals surface area contributed by atoms with E-state index < -0.39 is 0 Å². The summed E-state index contributed by atoms with van der Waals surface area (Å²) >= 11 is 1.15. The van der Waals surface area contributed by atoms with E-state index in [0.29, 0.717) is 11.4 Å². The Balaban J connectivity index is 2.07. The molecule has 88 valence electrons. The Hall–Kier alpha value is -1.79. The summed E-state index contributed by atoms with van der Waals surface area (Å²) in [5.41, 5.74) is 7.80. The molecule has 0 unspecified atom stereocenters. The van der Waals surface area contributed by atoms with Crippen LogP contribution in [0.5, 0.6) is 0 Å². The number of hydrogen-bond acceptors (Lipinski definition) is 5. The maximum Gasteiger partial charge on any atom is 0.277 e. The maximum absolute atomic E-state index is 11.7. The van der Waals surface area contributed by atoms with E-state index >= 15 is 0 Å². The zero-order chi connectivity index (χ0) is 12.3. The largest absolute Gasteiger partial charge is 0.324 e. The van der Waals surface area contributed by atoms with Gasteiger partial charge in [0.15, 0.2) is 5.69 Å². The predicted octanol–water partition coefficient (Wildman–Crippen LogP) is 1.81. The molecule has 6 heteroatoms. The van der Waals surface area contributed by atoms with Gasteiger partial charge in [-0.25, -0.2) is 0 Å². The van der Waals surface area contributed by atoms with Crippen LogP contribution in [0.4, 0.5) is 5.69 Å². The number of rotatable bonds is 3. The first-order valence-electron chi connectivity index (χ1n) is 5.11. The minimum atomic E-state index is -0.257. The van der Waals surface area contributed by atoms with Crippen LogP contribution in [-0.4, -0.2) is 15.5 Å². The van der Waals surface area contributed by atoms with Gasteiger partial charge in [-0.15, -0.1) is 5.10 Å². The van der Waals surface area contributed by atoms with Crippen molar-refractivity contribution in [3.8, 4) is 0 Å². The average Bonchev–Trinajstić information content (AvgIpc) is 2.83. The third-order valence-electron chi connectivity index (χ3n) is 2.29. The van der Waals surface area contributed by atoms with Gasteiger partial charge in [-0.2, -0.15) is 0 Å². The quantitative estimate of drug-likeness (QED) is 0.868. The van der Waals surface area contributed by atoms with Gasteiger partial charge in [0.05, 0.1) is 0 Å². The number of carbonyl (C=O) groups is 1. The normalized spacial score (nSPS) is 12.1. The molecule has 1 amide bonds. The number of nitrogens with one attached hydrogen (secondary N) is 1. The van der Waals surface area contributed by atoms with Gasteiger partial charge in [0, 0.05) is 17.1 Å². The lowest BCUT2D eigenvalue weighted by Gasteiger charge is -2.07. The van der Waals surface area contributed by atoms with E-state index in [2.05, 4.69) is 14.9 Å². The highest BCUT2D eigenvalue weighted by atomic mass is 32.1. The molecule has 0 saturated heterocycles. The molecule has 5 nitrogen and oxygen atoms in total. The zero-order valence-electron chi connectivity index (χ0n) is 9.25. The van der Waals surface area contributed by atoms with Crippen LogP contribution in [0.2, 0.25) is 0 Å². The van der Waals surface area contributed by atoms with Crippen molar-refractivity contribution < 1.29 is 4.79 Å². The number of nitrogens with zero attached hydrogens (tertiary/aromatic N) is 2. The van der Waals surface area contributed by atoms with Crippen LogP contribution in [-0.2, 0) is 0 Å². The number of anilines is 1. The van der Waals surface area contributed by atoms with Crippen LogP contribution in [0.3, 0.4) is 0 Å². The average molecular weight is 248 g/mol. The SMILES string of the molecule is C[C@H](N)c1ccc(NC(=O)c2csnn2)cc1. The Morgan fingerprint density at radius 3 is 2.65 bits per heavy atom. The lowest BCUT2D eigenvalue weighted by molar-refractivity contribution is 0.102. The highest BCUT2D eigenvalue weighted by molar-refractivity contribution is 7.03. The van der Waals surface area contributed by atoms with Gasteiger partial charge in [0.2, 0.25) is 0 Å². The highest BCUT2D eigenvalue weighted by Crippen LogP contribution is 2.14. The number of hydrogen-bond donors (Lipinski definition) is 2. The standard InChI is InChI=1S/C11H12N4OS/c1-7(12)8-2-4-9(5-3-8)13-11(16)10-6-17-15-14-10/h2-7H,12H2,1H3,(H,13,16)/t7-/m0/s1. The molecular weight excluding hydrogens is 236 g/mol. The molecule has 0 radical (unpaired) electrons. The van der Waals surface area contributed by atoms with Gasteiger partial charge < -0.3 is 11.1 Å². The monoisotopic (exact) mass is 248 g/mol. The fourth-order valence-electron chi connectivity index (χ4n) is 1.33. The molecule has 2 aromatic rings. The van der Waals surface area contributed by atoms with Crippen molar-refractivity contribution in [2.45, 2.75) is 13.0 Å². The lowest BCUT2D eigenvalue weighted by Crippen LogP contribution is -2.12. The summed E-state index contributed by atoms with van der Waals surface area (Å²) < 4.78 is 3.64. The van der Waals surface area contributed by atoms with Gasteiger partial charge in [-0.3, -0.25) is 4.79 Å². The third-order valence-corrected chi connectivity index (χ3v) is 2.79. The van der Waals surface area contributed by atoms with Crippen molar-refractivity contribution >= 4 is 23.1 Å². The summed E-state index contributed by atoms with van der Waals surface area (Å²) in [7, 11) is 0. The first-order valence-corrected chi connectivity index (χ1v) is 5.94. The molecule has 3 N–H and O–H groups in total. The molecule has 0 spiro atoms. The van der Waals surface area contributed by atoms with Gasteiger partial charge in [-0.05, 0) is 36.2 Å². The number of benzene rings is 1. The molecule has 17 heavy (non-hydrogen) atoms. The maximum atomic E-state index is 11.7. The summed E-state index contributed by atoms with van der Waals surface area (Å²) in [6.45, 7) is 1.91. The van der Waals surface area contributed by atoms with Gasteiger partial charge in [0.25, 0.3) is 5.91 Å². The van der Waals surface area contributed by atoms with E-state index in [1.54, 1.807) is 5.38 Å². The minimum absolute atomic E-state index is 0.0116. The summed E-state index contributed by atoms with van der Waals surface area (Å²) in [5, 5.41) is 8.03. The third kappa shape index (κ3) is 2.86. The molecule has 1 heterocycles. The Morgan fingerprint density at radius 1 is 1.41 bits per heavy atom. The van der Waals surface area contributed by atoms with Crippen LogP contribution < -0.4 is 11.1 Å². The topological polar surface area (TPSA) is 80.9 Å². The van der Waals surface area contributed by atoms with Crippen molar-refractivity contribution in [2.24, 2.45) is 5.73 Å². The van der Waals surface area contributed by atoms with Crippen LogP contribution in [0.25, 0.3) is 0 Å². The second-order valence-corrected chi connectivity index (χ2v) is 4.26. The molecule has 0 saturated carbocycles. The van der Waals surface area contributed by atoms with Gasteiger partial charge >= 0.3 is 0 Å². The fourth-order valence-corrected chi connectivity index (χ4v) is 1.76. The number of aromatic nitrogens is 2. The predicted molar refractivity (Wildman–Crippen MR) is 66.9 cm³/mol. The first kappa shape index (κ1) is 11.7. The highest BCUT2D eigenvalue weighted by Gasteiger charge is 2.08. The summed E-state index contributed by atoms with van der Waals surface area (Å²) in [4.78, 5) is 11.7. The summed E-state index contributed by atoms with van der Waals surface area (Å²) in [6.07, 6.45) is 0. The molecule has 0 aliphatic heterocycles. The molecule has 0 aliphatic carbocycles. The van der Waals surface area contributed by atoms with Crippen LogP contribution in [0, 0.1) is 0 Å². The van der Waals surface area contributed by atoms with Crippen molar-refractivity contribution in [1.29, 1.82) is 0 Å². The number of nitrogens with two attached hydrogens (primary N) is 1. The summed E-state index contributed by atoms with van der Waals surface area (Å²) in [6, 6.07) is 7.40. The van der Waals surface area contributed by atoms with E-state index in [1.807, 2.05) is 31.2 Å². The zero-order valence-corrected chi connectivity index (χ0v) is 10.1. The van der Waals surface area contributed by atoms with Gasteiger partial charge in [0.1, 0.15) is 0 Å². The van der Waals surface area contributed by atoms with E-state index in [9.17, 15) is 4.79 Å². The van der Waals surface area contributed by atoms with Crippen LogP contribution in [0.1, 0.15) is 29.0 Å². The number of carbonyl (C=O) groups excluding carboxylic acids is 1. The van der Waals surface area contributed by atoms with Crippen molar-refractivity contribution in [2.75, 3.05) is 5.32 Å². The van der Waals surface area contributed by atoms with Crippen LogP contribution >= 0.6 is 11.5 Å². The molecular formula is C11H12N4OS. The minimum Gasteiger partial charge on any atom is -0.324 e. The molecule has 0 fully saturated rings. The Kier molecular flexibility index (Phi) is 3.46. The molecule has 2 rings (SSSR count). The van der Waals surface area contributed by atoms with Crippen molar-refractivity contribution in [3.63, 3.8) is 0 Å². The molecule has 1 atom stereocenters. The fraction of sp³-hybridized carbons (Fsp3) is 0.182. The summed E-state index contributed by atoms with van der Waals surface area (Å²) in [5.74, 6) is -0.257. The molecule has 1 aromatic heterocycles. The smallest absolute Gasteiger partial charge is 0.277 e. The van der Waals surface area contributed by atoms with E-state index in [4.69, 9.17) is 5.73 Å². The Labute approximate surface area is 103 Å². The Bertz CT molecular complexity index is 493. The van der Waals surface area contributed by atoms with E-state index in [0.717, 1.165) is 17.1 Å². The lowest BCUT2D eigenvalue weighted by atomic mass is 10.1. The van der Waals surface area contributed by atoms with Gasteiger partial charge in [-0.1, -0.05) is 16.6 Å². The van der Waals surface area contributed by atoms with E-state index in [-0.39, 0.29) is 11.9 Å². The molecule has 1 aromatic carbocycles. The molecule has 0 bridgehead atoms. The van der Waals surface area contributed by atoms with Crippen LogP contribution in [0.15, 0.2) is 29.6 Å². The number of amides is 1. The Morgan fingerprint density at radius 2 is 2.12 bits per heavy atom. The second kappa shape index (κ2) is 5.03. The van der Waals surface area contributed by atoms with Crippen molar-refractivity contribution in [1.82, 2.24) is 9.59 Å². The first-order chi connectivity index (χ1) is 8.16. The second-order valence-electron chi connectivity index (χ2n) is 3.65. The van der Waals surface area contributed by atoms with Crippen molar-refractivity contribution in [3.05, 3.63) is 40.9 Å². The molecule has 0 aliphatic rings. The van der Waals surface area contributed by atoms with E-state index in [1.165, 1.54) is 0 Å².